The summed E-state index contributed by atoms with van der Waals surface area (Å²) in [6.45, 7) is 4.58. The number of likely N-dealkylation sites (N-methyl/N-ethyl adjacent to an activating group) is 1. The summed E-state index contributed by atoms with van der Waals surface area (Å²) in [5.74, 6) is -1.76. The third-order valence-electron chi connectivity index (χ3n) is 8.81. The van der Waals surface area contributed by atoms with E-state index in [1.807, 2.05) is 0 Å². The summed E-state index contributed by atoms with van der Waals surface area (Å²) in [5, 5.41) is 11.6. The minimum Gasteiger partial charge on any atom is -0.544 e. The van der Waals surface area contributed by atoms with Crippen LogP contribution in [0.5, 0.6) is 0 Å². The molecule has 0 fully saturated rings. The van der Waals surface area contributed by atoms with Crippen LogP contribution in [-0.2, 0) is 28.6 Å². The Kier molecular flexibility index (Phi) is 31.5. The second-order valence-electron chi connectivity index (χ2n) is 14.5. The van der Waals surface area contributed by atoms with Gasteiger partial charge in [0, 0.05) is 19.3 Å². The molecular weight excluding hydrogens is 618 g/mol. The zero-order valence-electron chi connectivity index (χ0n) is 32.4. The van der Waals surface area contributed by atoms with E-state index in [9.17, 15) is 19.5 Å². The third-order valence-corrected chi connectivity index (χ3v) is 8.81. The molecule has 0 aliphatic heterocycles. The fourth-order valence-corrected chi connectivity index (χ4v) is 5.63. The number of carboxylic acid groups (broad SMARTS) is 1. The van der Waals surface area contributed by atoms with Crippen molar-refractivity contribution in [2.45, 2.75) is 180 Å². The lowest BCUT2D eigenvalue weighted by atomic mass is 10.1. The van der Waals surface area contributed by atoms with Gasteiger partial charge in [-0.25, -0.2) is 0 Å². The summed E-state index contributed by atoms with van der Waals surface area (Å²) < 4.78 is 17.1. The average Bonchev–Trinajstić information content (AvgIpc) is 3.05. The molecule has 0 aromatic heterocycles. The predicted octanol–water partition coefficient (Wildman–Crippen LogP) is 8.80. The Bertz CT molecular complexity index is 864. The van der Waals surface area contributed by atoms with Gasteiger partial charge in [-0.1, -0.05) is 115 Å². The molecule has 0 aliphatic rings. The summed E-state index contributed by atoms with van der Waals surface area (Å²) >= 11 is 0. The van der Waals surface area contributed by atoms with Crippen molar-refractivity contribution in [1.29, 1.82) is 0 Å². The molecule has 0 rings (SSSR count). The van der Waals surface area contributed by atoms with Crippen LogP contribution in [0.15, 0.2) is 24.3 Å². The first-order chi connectivity index (χ1) is 23.6. The van der Waals surface area contributed by atoms with E-state index >= 15 is 0 Å². The quantitative estimate of drug-likeness (QED) is 0.0283. The summed E-state index contributed by atoms with van der Waals surface area (Å²) in [6, 6.07) is -0.724. The molecule has 49 heavy (non-hydrogen) atoms. The number of carboxylic acids is 1. The number of carbonyl (C=O) groups is 3. The van der Waals surface area contributed by atoms with Crippen molar-refractivity contribution < 1.29 is 38.2 Å². The molecule has 0 heterocycles. The van der Waals surface area contributed by atoms with Crippen molar-refractivity contribution >= 4 is 17.9 Å². The number of hydrogen-bond donors (Lipinski definition) is 0. The fourth-order valence-electron chi connectivity index (χ4n) is 5.63. The first-order valence-corrected chi connectivity index (χ1v) is 19.9. The molecule has 0 amide bonds. The van der Waals surface area contributed by atoms with Gasteiger partial charge in [-0.2, -0.15) is 0 Å². The highest BCUT2D eigenvalue weighted by atomic mass is 16.6. The molecule has 0 aliphatic carbocycles. The molecule has 0 spiro atoms. The van der Waals surface area contributed by atoms with Gasteiger partial charge in [-0.3, -0.25) is 9.59 Å². The van der Waals surface area contributed by atoms with Crippen molar-refractivity contribution in [2.24, 2.45) is 0 Å². The third kappa shape index (κ3) is 31.5. The van der Waals surface area contributed by atoms with E-state index in [-0.39, 0.29) is 42.7 Å². The minimum absolute atomic E-state index is 0.0368. The summed E-state index contributed by atoms with van der Waals surface area (Å²) in [7, 11) is 5.39. The summed E-state index contributed by atoms with van der Waals surface area (Å²) in [5.41, 5.74) is 0. The number of esters is 2. The molecule has 0 aromatic rings. The summed E-state index contributed by atoms with van der Waals surface area (Å²) in [4.78, 5) is 36.6. The Morgan fingerprint density at radius 2 is 1.04 bits per heavy atom. The monoisotopic (exact) mass is 694 g/mol. The lowest BCUT2D eigenvalue weighted by Gasteiger charge is -2.34. The van der Waals surface area contributed by atoms with Crippen molar-refractivity contribution in [3.63, 3.8) is 0 Å². The van der Waals surface area contributed by atoms with Crippen LogP contribution >= 0.6 is 0 Å². The van der Waals surface area contributed by atoms with Gasteiger partial charge in [0.05, 0.1) is 40.3 Å². The minimum atomic E-state index is -1.13. The van der Waals surface area contributed by atoms with Crippen LogP contribution < -0.4 is 5.11 Å². The van der Waals surface area contributed by atoms with E-state index in [1.165, 1.54) is 77.0 Å². The van der Waals surface area contributed by atoms with Gasteiger partial charge in [-0.05, 0) is 57.8 Å². The zero-order chi connectivity index (χ0) is 36.4. The SMILES string of the molecule is CCCC/C=C/CCCCCCC(=O)OC(COCCC(C(=O)[O-])[N+](C)(C)C)COC(=O)CCCCCCCCC/C=C/CCCCCC. The molecule has 0 N–H and O–H groups in total. The van der Waals surface area contributed by atoms with Gasteiger partial charge in [0.1, 0.15) is 12.6 Å². The number of aliphatic carboxylic acids is 1. The van der Waals surface area contributed by atoms with Crippen molar-refractivity contribution in [3.8, 4) is 0 Å². The molecule has 0 saturated heterocycles. The Hall–Kier alpha value is -2.19. The number of hydrogen-bond acceptors (Lipinski definition) is 7. The molecule has 0 radical (unpaired) electrons. The number of allylic oxidation sites excluding steroid dienone is 4. The molecule has 0 aromatic carbocycles. The number of nitrogens with zero attached hydrogens (tertiary/aromatic N) is 1. The van der Waals surface area contributed by atoms with Gasteiger partial charge >= 0.3 is 11.9 Å². The average molecular weight is 694 g/mol. The van der Waals surface area contributed by atoms with Crippen LogP contribution in [0, 0.1) is 0 Å². The molecular formula is C41H75NO7. The molecule has 286 valence electrons. The molecule has 8 heteroatoms. The first kappa shape index (κ1) is 46.8. The Balaban J connectivity index is 4.38. The zero-order valence-corrected chi connectivity index (χ0v) is 32.4. The van der Waals surface area contributed by atoms with Crippen LogP contribution in [0.25, 0.3) is 0 Å². The van der Waals surface area contributed by atoms with E-state index in [0.717, 1.165) is 57.8 Å². The molecule has 2 atom stereocenters. The van der Waals surface area contributed by atoms with Gasteiger partial charge in [0.2, 0.25) is 0 Å². The van der Waals surface area contributed by atoms with Gasteiger partial charge in [0.25, 0.3) is 0 Å². The van der Waals surface area contributed by atoms with Crippen LogP contribution in [0.2, 0.25) is 0 Å². The molecule has 0 bridgehead atoms. The van der Waals surface area contributed by atoms with Crippen LogP contribution in [-0.4, -0.2) is 75.5 Å². The number of unbranched alkanes of at least 4 members (excludes halogenated alkanes) is 17. The second-order valence-corrected chi connectivity index (χ2v) is 14.5. The highest BCUT2D eigenvalue weighted by Gasteiger charge is 2.25. The number of rotatable bonds is 35. The standard InChI is InChI=1S/C41H75NO7/c1-6-8-10-12-14-16-18-19-20-21-22-24-25-27-29-31-39(43)48-36-37(35-47-34-33-38(41(45)46)42(3,4)5)49-40(44)32-30-28-26-23-17-15-13-11-9-7-2/h13,15-16,18,37-38H,6-12,14,17,19-36H2,1-5H3/b15-13+,18-16+. The topological polar surface area (TPSA) is 102 Å². The van der Waals surface area contributed by atoms with Crippen molar-refractivity contribution in [2.75, 3.05) is 41.0 Å². The van der Waals surface area contributed by atoms with Crippen LogP contribution in [0.4, 0.5) is 0 Å². The van der Waals surface area contributed by atoms with Gasteiger partial charge in [-0.15, -0.1) is 0 Å². The summed E-state index contributed by atoms with van der Waals surface area (Å²) in [6.07, 6.45) is 33.4. The fraction of sp³-hybridized carbons (Fsp3) is 0.829. The molecule has 0 saturated carbocycles. The lowest BCUT2D eigenvalue weighted by Crippen LogP contribution is -2.55. The van der Waals surface area contributed by atoms with E-state index < -0.39 is 18.1 Å². The highest BCUT2D eigenvalue weighted by molar-refractivity contribution is 5.70. The van der Waals surface area contributed by atoms with Crippen LogP contribution in [0.1, 0.15) is 168 Å². The normalized spacial score (nSPS) is 13.2. The second kappa shape index (κ2) is 33.0. The van der Waals surface area contributed by atoms with Gasteiger partial charge < -0.3 is 28.6 Å². The van der Waals surface area contributed by atoms with E-state index in [1.54, 1.807) is 21.1 Å². The Morgan fingerprint density at radius 1 is 0.592 bits per heavy atom. The van der Waals surface area contributed by atoms with E-state index in [0.29, 0.717) is 12.8 Å². The Labute approximate surface area is 301 Å². The maximum Gasteiger partial charge on any atom is 0.306 e. The number of ether oxygens (including phenoxy) is 3. The molecule has 8 nitrogen and oxygen atoms in total. The highest BCUT2D eigenvalue weighted by Crippen LogP contribution is 2.13. The van der Waals surface area contributed by atoms with E-state index in [4.69, 9.17) is 14.2 Å². The number of carbonyl (C=O) groups excluding carboxylic acids is 3. The van der Waals surface area contributed by atoms with Crippen molar-refractivity contribution in [1.82, 2.24) is 0 Å². The van der Waals surface area contributed by atoms with Gasteiger partial charge in [0.15, 0.2) is 6.10 Å². The Morgan fingerprint density at radius 3 is 1.53 bits per heavy atom. The maximum atomic E-state index is 12.6. The lowest BCUT2D eigenvalue weighted by molar-refractivity contribution is -0.889. The predicted molar refractivity (Wildman–Crippen MR) is 199 cm³/mol. The van der Waals surface area contributed by atoms with Crippen molar-refractivity contribution in [3.05, 3.63) is 24.3 Å². The molecule has 2 unspecified atom stereocenters. The first-order valence-electron chi connectivity index (χ1n) is 19.9. The largest absolute Gasteiger partial charge is 0.544 e. The smallest absolute Gasteiger partial charge is 0.306 e. The van der Waals surface area contributed by atoms with Crippen LogP contribution in [0.3, 0.4) is 0 Å². The maximum absolute atomic E-state index is 12.6. The van der Waals surface area contributed by atoms with E-state index in [2.05, 4.69) is 38.2 Å². The number of quaternary nitrogens is 1.